The van der Waals surface area contributed by atoms with Crippen molar-refractivity contribution >= 4 is 33.7 Å². The van der Waals surface area contributed by atoms with Crippen LogP contribution in [0.1, 0.15) is 18.1 Å². The molecule has 0 aliphatic rings. The van der Waals surface area contributed by atoms with Crippen LogP contribution in [0.4, 0.5) is 16.2 Å². The summed E-state index contributed by atoms with van der Waals surface area (Å²) >= 11 is 0. The largest absolute Gasteiger partial charge is 0.447 e. The Labute approximate surface area is 163 Å². The van der Waals surface area contributed by atoms with Crippen LogP contribution < -0.4 is 5.32 Å². The molecule has 2 rings (SSSR count). The molecule has 9 heteroatoms. The number of nitrogens with one attached hydrogen (secondary N) is 1. The first-order valence-electron chi connectivity index (χ1n) is 8.33. The Morgan fingerprint density at radius 2 is 1.68 bits per heavy atom. The molecule has 2 aromatic rings. The topological polar surface area (TPSA) is 111 Å². The van der Waals surface area contributed by atoms with E-state index >= 15 is 0 Å². The molecule has 8 nitrogen and oxygen atoms in total. The van der Waals surface area contributed by atoms with Crippen LogP contribution in [0.2, 0.25) is 0 Å². The number of isocyanates is 1. The fraction of sp³-hybridized carbons (Fsp3) is 0.263. The summed E-state index contributed by atoms with van der Waals surface area (Å²) in [7, 11) is -3.60. The number of rotatable bonds is 8. The number of benzene rings is 2. The molecule has 0 saturated heterocycles. The number of carbonyl (C=O) groups is 1. The first kappa shape index (κ1) is 21.3. The highest BCUT2D eigenvalue weighted by Crippen LogP contribution is 2.17. The minimum atomic E-state index is -3.60. The Morgan fingerprint density at radius 3 is 2.21 bits per heavy atom. The highest BCUT2D eigenvalue weighted by Gasteiger charge is 2.13. The second kappa shape index (κ2) is 9.80. The number of aliphatic imine (C=N–C) groups is 1. The summed E-state index contributed by atoms with van der Waals surface area (Å²) in [5.41, 5.74) is 3.17. The summed E-state index contributed by atoms with van der Waals surface area (Å²) < 4.78 is 31.6. The summed E-state index contributed by atoms with van der Waals surface area (Å²) in [4.78, 5) is 25.5. The van der Waals surface area contributed by atoms with E-state index in [-0.39, 0.29) is 6.61 Å². The minimum Gasteiger partial charge on any atom is -0.447 e. The summed E-state index contributed by atoms with van der Waals surface area (Å²) in [6.07, 6.45) is 1.63. The van der Waals surface area contributed by atoms with Gasteiger partial charge in [-0.1, -0.05) is 24.3 Å². The zero-order valence-corrected chi connectivity index (χ0v) is 16.2. The molecule has 0 radical (unpaired) electrons. The first-order chi connectivity index (χ1) is 13.2. The average molecular weight is 404 g/mol. The van der Waals surface area contributed by atoms with Crippen molar-refractivity contribution in [2.45, 2.75) is 19.4 Å². The molecule has 0 heterocycles. The van der Waals surface area contributed by atoms with E-state index in [9.17, 15) is 18.0 Å². The third kappa shape index (κ3) is 7.71. The molecular formula is C19H20N2O6S. The lowest BCUT2D eigenvalue weighted by Gasteiger charge is -2.12. The first-order valence-corrected chi connectivity index (χ1v) is 10.1. The van der Waals surface area contributed by atoms with Crippen LogP contribution in [0, 0.1) is 0 Å². The predicted molar refractivity (Wildman–Crippen MR) is 104 cm³/mol. The van der Waals surface area contributed by atoms with E-state index in [1.807, 2.05) is 24.3 Å². The normalized spacial score (nSPS) is 11.9. The molecule has 148 valence electrons. The van der Waals surface area contributed by atoms with E-state index in [2.05, 4.69) is 14.5 Å². The van der Waals surface area contributed by atoms with Crippen LogP contribution in [0.15, 0.2) is 53.5 Å². The fourth-order valence-electron chi connectivity index (χ4n) is 2.36. The van der Waals surface area contributed by atoms with Gasteiger partial charge in [-0.05, 0) is 48.7 Å². The van der Waals surface area contributed by atoms with Gasteiger partial charge < -0.3 is 4.74 Å². The quantitative estimate of drug-likeness (QED) is 0.411. The van der Waals surface area contributed by atoms with Crippen LogP contribution >= 0.6 is 0 Å². The van der Waals surface area contributed by atoms with Crippen molar-refractivity contribution < 1.29 is 26.9 Å². The van der Waals surface area contributed by atoms with E-state index in [0.29, 0.717) is 17.8 Å². The molecule has 1 unspecified atom stereocenters. The number of nitrogens with zero attached hydrogens (tertiary/aromatic N) is 1. The van der Waals surface area contributed by atoms with Crippen molar-refractivity contribution in [3.63, 3.8) is 0 Å². The molecular weight excluding hydrogens is 384 g/mol. The van der Waals surface area contributed by atoms with Gasteiger partial charge in [0.05, 0.1) is 11.9 Å². The minimum absolute atomic E-state index is 0.193. The van der Waals surface area contributed by atoms with E-state index in [4.69, 9.17) is 4.74 Å². The number of amides is 1. The number of ether oxygens (including phenoxy) is 1. The molecule has 1 amide bonds. The second-order valence-corrected chi connectivity index (χ2v) is 7.68. The van der Waals surface area contributed by atoms with Gasteiger partial charge in [0.25, 0.3) is 10.1 Å². The van der Waals surface area contributed by atoms with Gasteiger partial charge in [-0.3, -0.25) is 9.50 Å². The van der Waals surface area contributed by atoms with Crippen LogP contribution in [-0.4, -0.2) is 39.6 Å². The lowest BCUT2D eigenvalue weighted by molar-refractivity contribution is 0.103. The molecule has 28 heavy (non-hydrogen) atoms. The van der Waals surface area contributed by atoms with Gasteiger partial charge in [0, 0.05) is 5.69 Å². The Balaban J connectivity index is 1.84. The molecule has 0 spiro atoms. The maximum Gasteiger partial charge on any atom is 0.411 e. The highest BCUT2D eigenvalue weighted by atomic mass is 32.2. The molecule has 1 N–H and O–H groups in total. The number of hydrogen-bond donors (Lipinski definition) is 1. The van der Waals surface area contributed by atoms with Crippen LogP contribution in [-0.2, 0) is 30.3 Å². The highest BCUT2D eigenvalue weighted by molar-refractivity contribution is 7.86. The maximum atomic E-state index is 11.8. The average Bonchev–Trinajstić information content (AvgIpc) is 2.62. The van der Waals surface area contributed by atoms with Crippen molar-refractivity contribution in [2.75, 3.05) is 18.2 Å². The van der Waals surface area contributed by atoms with E-state index in [0.717, 1.165) is 17.4 Å². The Bertz CT molecular complexity index is 949. The zero-order valence-electron chi connectivity index (χ0n) is 15.4. The van der Waals surface area contributed by atoms with E-state index < -0.39 is 22.3 Å². The summed E-state index contributed by atoms with van der Waals surface area (Å²) in [6.45, 7) is 1.29. The Kier molecular flexibility index (Phi) is 7.45. The van der Waals surface area contributed by atoms with Crippen LogP contribution in [0.5, 0.6) is 0 Å². The summed E-state index contributed by atoms with van der Waals surface area (Å²) in [5.74, 6) is 0. The molecule has 0 aliphatic heterocycles. The predicted octanol–water partition coefficient (Wildman–Crippen LogP) is 3.16. The number of hydrogen-bond acceptors (Lipinski definition) is 7. The maximum absolute atomic E-state index is 11.8. The Morgan fingerprint density at radius 1 is 1.11 bits per heavy atom. The molecule has 0 bridgehead atoms. The molecule has 1 atom stereocenters. The van der Waals surface area contributed by atoms with Crippen molar-refractivity contribution in [3.05, 3.63) is 59.7 Å². The van der Waals surface area contributed by atoms with Crippen LogP contribution in [0.25, 0.3) is 0 Å². The van der Waals surface area contributed by atoms with Gasteiger partial charge in [-0.2, -0.15) is 13.4 Å². The van der Waals surface area contributed by atoms with E-state index in [1.54, 1.807) is 24.3 Å². The van der Waals surface area contributed by atoms with Gasteiger partial charge in [-0.25, -0.2) is 9.59 Å². The van der Waals surface area contributed by atoms with Gasteiger partial charge in [0.15, 0.2) is 0 Å². The summed E-state index contributed by atoms with van der Waals surface area (Å²) in [6, 6.07) is 14.4. The van der Waals surface area contributed by atoms with Gasteiger partial charge in [-0.15, -0.1) is 0 Å². The third-order valence-corrected chi connectivity index (χ3v) is 4.19. The van der Waals surface area contributed by atoms with Gasteiger partial charge in [0.2, 0.25) is 6.08 Å². The third-order valence-electron chi connectivity index (χ3n) is 3.51. The molecule has 0 aliphatic carbocycles. The SMILES string of the molecule is CC(COC(=O)Nc1ccc(Cc2ccc(N=C=O)cc2)cc1)OS(C)(=O)=O. The van der Waals surface area contributed by atoms with Gasteiger partial charge >= 0.3 is 6.09 Å². The smallest absolute Gasteiger partial charge is 0.411 e. The molecule has 0 aromatic heterocycles. The molecule has 2 aromatic carbocycles. The second-order valence-electron chi connectivity index (χ2n) is 6.08. The fourth-order valence-corrected chi connectivity index (χ4v) is 3.01. The summed E-state index contributed by atoms with van der Waals surface area (Å²) in [5, 5.41) is 2.56. The molecule has 0 saturated carbocycles. The lowest BCUT2D eigenvalue weighted by Crippen LogP contribution is -2.24. The lowest BCUT2D eigenvalue weighted by atomic mass is 10.0. The zero-order chi connectivity index (χ0) is 20.6. The van der Waals surface area contributed by atoms with Crippen molar-refractivity contribution in [1.82, 2.24) is 0 Å². The van der Waals surface area contributed by atoms with Gasteiger partial charge in [0.1, 0.15) is 12.7 Å². The standard InChI is InChI=1S/C19H20N2O6S/c1-14(27-28(2,24)25)12-26-19(23)21-18-9-5-16(6-10-18)11-15-3-7-17(8-4-15)20-13-22/h3-10,14H,11-12H2,1-2H3,(H,21,23). The van der Waals surface area contributed by atoms with Crippen molar-refractivity contribution in [1.29, 1.82) is 0 Å². The number of carbonyl (C=O) groups excluding carboxylic acids is 2. The van der Waals surface area contributed by atoms with Crippen LogP contribution in [0.3, 0.4) is 0 Å². The Hall–Kier alpha value is -3.00. The van der Waals surface area contributed by atoms with E-state index in [1.165, 1.54) is 13.0 Å². The van der Waals surface area contributed by atoms with Crippen molar-refractivity contribution in [3.8, 4) is 0 Å². The number of anilines is 1. The van der Waals surface area contributed by atoms with Crippen molar-refractivity contribution in [2.24, 2.45) is 4.99 Å². The monoisotopic (exact) mass is 404 g/mol. The molecule has 0 fully saturated rings.